The molecular weight excluding hydrogens is 376 g/mol. The second-order valence-corrected chi connectivity index (χ2v) is 7.85. The number of methoxy groups -OCH3 is 2. The second kappa shape index (κ2) is 7.55. The number of anilines is 1. The molecule has 4 rings (SSSR count). The van der Waals surface area contributed by atoms with Gasteiger partial charge in [0.1, 0.15) is 5.75 Å². The second-order valence-electron chi connectivity index (χ2n) is 6.37. The number of pyridine rings is 1. The first kappa shape index (κ1) is 18.4. The van der Waals surface area contributed by atoms with Crippen molar-refractivity contribution in [1.82, 2.24) is 14.6 Å². The first-order valence-electron chi connectivity index (χ1n) is 8.85. The van der Waals surface area contributed by atoms with E-state index in [1.807, 2.05) is 42.5 Å². The Kier molecular flexibility index (Phi) is 4.95. The summed E-state index contributed by atoms with van der Waals surface area (Å²) in [5.41, 5.74) is 2.31. The number of nitrogens with one attached hydrogen (secondary N) is 1. The molecule has 0 saturated heterocycles. The standard InChI is InChI=1S/C20H20N4O3S/c1-12-4-11-17(28-12)19(25)22-20-21-18-16(27-3)10-9-15(24(18)23-20)13-5-7-14(26-2)8-6-13/h5-12H,4H2,1-3H3,(H,22,23,25). The number of carbonyl (C=O) groups excluding carboxylic acids is 1. The van der Waals surface area contributed by atoms with Crippen LogP contribution in [0.15, 0.2) is 47.4 Å². The van der Waals surface area contributed by atoms with Crippen LogP contribution in [0, 0.1) is 0 Å². The van der Waals surface area contributed by atoms with Crippen molar-refractivity contribution in [2.75, 3.05) is 19.5 Å². The first-order chi connectivity index (χ1) is 13.6. The highest BCUT2D eigenvalue weighted by Gasteiger charge is 2.21. The number of allylic oxidation sites excluding steroid dienone is 1. The molecule has 1 amide bonds. The summed E-state index contributed by atoms with van der Waals surface area (Å²) in [6, 6.07) is 11.4. The highest BCUT2D eigenvalue weighted by Crippen LogP contribution is 2.33. The molecule has 7 nitrogen and oxygen atoms in total. The van der Waals surface area contributed by atoms with Gasteiger partial charge in [0, 0.05) is 10.8 Å². The fourth-order valence-corrected chi connectivity index (χ4v) is 4.00. The van der Waals surface area contributed by atoms with Gasteiger partial charge < -0.3 is 9.47 Å². The van der Waals surface area contributed by atoms with Gasteiger partial charge in [-0.3, -0.25) is 10.1 Å². The number of fused-ring (bicyclic) bond motifs is 1. The molecule has 2 aromatic heterocycles. The molecular formula is C20H20N4O3S. The summed E-state index contributed by atoms with van der Waals surface area (Å²) in [5.74, 6) is 1.41. The molecule has 0 radical (unpaired) electrons. The van der Waals surface area contributed by atoms with Crippen molar-refractivity contribution in [3.8, 4) is 22.8 Å². The van der Waals surface area contributed by atoms with Crippen molar-refractivity contribution in [2.45, 2.75) is 18.6 Å². The Balaban J connectivity index is 1.71. The van der Waals surface area contributed by atoms with E-state index in [0.717, 1.165) is 23.4 Å². The van der Waals surface area contributed by atoms with Crippen LogP contribution < -0.4 is 14.8 Å². The summed E-state index contributed by atoms with van der Waals surface area (Å²) in [5, 5.41) is 7.71. The molecule has 1 aliphatic rings. The van der Waals surface area contributed by atoms with Crippen LogP contribution in [0.5, 0.6) is 11.5 Å². The molecule has 1 atom stereocenters. The summed E-state index contributed by atoms with van der Waals surface area (Å²) < 4.78 is 12.3. The highest BCUT2D eigenvalue weighted by atomic mass is 32.2. The molecule has 144 valence electrons. The number of benzene rings is 1. The van der Waals surface area contributed by atoms with E-state index in [4.69, 9.17) is 9.47 Å². The van der Waals surface area contributed by atoms with E-state index in [0.29, 0.717) is 21.6 Å². The van der Waals surface area contributed by atoms with E-state index in [-0.39, 0.29) is 11.9 Å². The van der Waals surface area contributed by atoms with Crippen LogP contribution >= 0.6 is 11.8 Å². The average molecular weight is 396 g/mol. The molecule has 0 saturated carbocycles. The summed E-state index contributed by atoms with van der Waals surface area (Å²) >= 11 is 1.56. The van der Waals surface area contributed by atoms with Crippen molar-refractivity contribution in [3.63, 3.8) is 0 Å². The van der Waals surface area contributed by atoms with Gasteiger partial charge in [-0.1, -0.05) is 13.0 Å². The van der Waals surface area contributed by atoms with E-state index in [9.17, 15) is 4.79 Å². The van der Waals surface area contributed by atoms with Crippen LogP contribution in [0.4, 0.5) is 5.95 Å². The maximum Gasteiger partial charge on any atom is 0.264 e. The third-order valence-electron chi connectivity index (χ3n) is 4.47. The minimum absolute atomic E-state index is 0.185. The van der Waals surface area contributed by atoms with Crippen molar-refractivity contribution < 1.29 is 14.3 Å². The Hall–Kier alpha value is -3.00. The van der Waals surface area contributed by atoms with E-state index in [1.54, 1.807) is 30.5 Å². The fourth-order valence-electron chi connectivity index (χ4n) is 3.03. The van der Waals surface area contributed by atoms with Crippen LogP contribution in [0.2, 0.25) is 0 Å². The lowest BCUT2D eigenvalue weighted by molar-refractivity contribution is -0.112. The van der Waals surface area contributed by atoms with Gasteiger partial charge in [0.2, 0.25) is 5.95 Å². The average Bonchev–Trinajstić information content (AvgIpc) is 3.33. The number of nitrogens with zero attached hydrogens (tertiary/aromatic N) is 3. The van der Waals surface area contributed by atoms with Crippen LogP contribution in [-0.2, 0) is 4.79 Å². The van der Waals surface area contributed by atoms with Gasteiger partial charge in [-0.15, -0.1) is 16.9 Å². The third-order valence-corrected chi connectivity index (χ3v) is 5.67. The topological polar surface area (TPSA) is 77.8 Å². The molecule has 3 aromatic rings. The molecule has 1 aromatic carbocycles. The molecule has 3 heterocycles. The Bertz CT molecular complexity index is 1060. The monoisotopic (exact) mass is 396 g/mol. The number of carbonyl (C=O) groups is 1. The molecule has 8 heteroatoms. The van der Waals surface area contributed by atoms with Gasteiger partial charge in [-0.2, -0.15) is 4.98 Å². The van der Waals surface area contributed by atoms with E-state index in [2.05, 4.69) is 22.3 Å². The SMILES string of the molecule is COc1ccc(-c2ccc(OC)c3nc(NC(=O)C4=CCC(C)S4)nn23)cc1. The van der Waals surface area contributed by atoms with Crippen molar-refractivity contribution in [3.05, 3.63) is 47.4 Å². The summed E-state index contributed by atoms with van der Waals surface area (Å²) in [7, 11) is 3.21. The minimum Gasteiger partial charge on any atom is -0.497 e. The van der Waals surface area contributed by atoms with Gasteiger partial charge in [-0.25, -0.2) is 4.52 Å². The van der Waals surface area contributed by atoms with Gasteiger partial charge in [0.05, 0.1) is 24.8 Å². The smallest absolute Gasteiger partial charge is 0.264 e. The Morgan fingerprint density at radius 1 is 1.18 bits per heavy atom. The van der Waals surface area contributed by atoms with Crippen LogP contribution in [-0.4, -0.2) is 40.0 Å². The number of ether oxygens (including phenoxy) is 2. The zero-order valence-corrected chi connectivity index (χ0v) is 16.6. The Morgan fingerprint density at radius 3 is 2.61 bits per heavy atom. The molecule has 0 bridgehead atoms. The van der Waals surface area contributed by atoms with E-state index < -0.39 is 0 Å². The zero-order chi connectivity index (χ0) is 19.7. The summed E-state index contributed by atoms with van der Waals surface area (Å²) in [4.78, 5) is 17.7. The Morgan fingerprint density at radius 2 is 1.96 bits per heavy atom. The van der Waals surface area contributed by atoms with Gasteiger partial charge in [0.25, 0.3) is 5.91 Å². The quantitative estimate of drug-likeness (QED) is 0.708. The number of rotatable bonds is 5. The molecule has 1 unspecified atom stereocenters. The van der Waals surface area contributed by atoms with Crippen molar-refractivity contribution in [1.29, 1.82) is 0 Å². The Labute approximate surface area is 166 Å². The molecule has 28 heavy (non-hydrogen) atoms. The van der Waals surface area contributed by atoms with Crippen LogP contribution in [0.3, 0.4) is 0 Å². The number of amides is 1. The lowest BCUT2D eigenvalue weighted by atomic mass is 10.1. The predicted molar refractivity (Wildman–Crippen MR) is 110 cm³/mol. The number of aromatic nitrogens is 3. The molecule has 1 aliphatic heterocycles. The van der Waals surface area contributed by atoms with Crippen LogP contribution in [0.25, 0.3) is 16.9 Å². The maximum atomic E-state index is 12.5. The lowest BCUT2D eigenvalue weighted by Gasteiger charge is -2.08. The first-order valence-corrected chi connectivity index (χ1v) is 9.73. The predicted octanol–water partition coefficient (Wildman–Crippen LogP) is 3.76. The maximum absolute atomic E-state index is 12.5. The normalized spacial score (nSPS) is 16.1. The summed E-state index contributed by atoms with van der Waals surface area (Å²) in [6.07, 6.45) is 2.84. The highest BCUT2D eigenvalue weighted by molar-refractivity contribution is 8.04. The van der Waals surface area contributed by atoms with Gasteiger partial charge in [0.15, 0.2) is 11.4 Å². The molecule has 0 spiro atoms. The third kappa shape index (κ3) is 3.43. The van der Waals surface area contributed by atoms with Gasteiger partial charge in [-0.05, 0) is 42.8 Å². The fraction of sp³-hybridized carbons (Fsp3) is 0.250. The zero-order valence-electron chi connectivity index (χ0n) is 15.8. The largest absolute Gasteiger partial charge is 0.497 e. The number of hydrogen-bond acceptors (Lipinski definition) is 6. The van der Waals surface area contributed by atoms with Crippen LogP contribution in [0.1, 0.15) is 13.3 Å². The minimum atomic E-state index is -0.185. The number of thioether (sulfide) groups is 1. The van der Waals surface area contributed by atoms with Crippen molar-refractivity contribution in [2.24, 2.45) is 0 Å². The molecule has 0 fully saturated rings. The summed E-state index contributed by atoms with van der Waals surface area (Å²) in [6.45, 7) is 2.09. The van der Waals surface area contributed by atoms with Crippen molar-refractivity contribution >= 4 is 29.3 Å². The van der Waals surface area contributed by atoms with E-state index >= 15 is 0 Å². The molecule has 1 N–H and O–H groups in total. The molecule has 0 aliphatic carbocycles. The van der Waals surface area contributed by atoms with E-state index in [1.165, 1.54) is 0 Å². The lowest BCUT2D eigenvalue weighted by Crippen LogP contribution is -2.13. The van der Waals surface area contributed by atoms with Gasteiger partial charge >= 0.3 is 0 Å². The number of hydrogen-bond donors (Lipinski definition) is 1.